The van der Waals surface area contributed by atoms with Crippen molar-refractivity contribution < 1.29 is 19.4 Å². The van der Waals surface area contributed by atoms with Gasteiger partial charge in [0.15, 0.2) is 0 Å². The molecule has 0 aromatic carbocycles. The van der Waals surface area contributed by atoms with E-state index in [4.69, 9.17) is 0 Å². The van der Waals surface area contributed by atoms with Gasteiger partial charge < -0.3 is 0 Å². The molecule has 0 aromatic heterocycles. The monoisotopic (exact) mass is 306 g/mol. The predicted molar refractivity (Wildman–Crippen MR) is 43.9 cm³/mol. The zero-order chi connectivity index (χ0) is 8.15. The van der Waals surface area contributed by atoms with E-state index in [-0.39, 0.29) is 0 Å². The number of allylic oxidation sites excluding steroid dienone is 3. The second-order valence-corrected chi connectivity index (χ2v) is 4.63. The zero-order valence-electron chi connectivity index (χ0n) is 6.90. The third-order valence-electron chi connectivity index (χ3n) is 1.25. The quantitative estimate of drug-likeness (QED) is 0.703. The molecule has 0 N–H and O–H groups in total. The van der Waals surface area contributed by atoms with E-state index in [0.717, 1.165) is 12.0 Å². The van der Waals surface area contributed by atoms with Gasteiger partial charge in [-0.2, -0.15) is 0 Å². The van der Waals surface area contributed by atoms with Crippen molar-refractivity contribution in [2.24, 2.45) is 0 Å². The van der Waals surface area contributed by atoms with E-state index >= 15 is 0 Å². The molecule has 0 bridgehead atoms. The molecule has 0 amide bonds. The van der Waals surface area contributed by atoms with Crippen molar-refractivity contribution >= 4 is 3.90 Å². The van der Waals surface area contributed by atoms with Gasteiger partial charge in [0.2, 0.25) is 0 Å². The maximum atomic E-state index is 3.84. The van der Waals surface area contributed by atoms with Gasteiger partial charge in [-0.25, -0.2) is 0 Å². The Morgan fingerprint density at radius 3 is 2.10 bits per heavy atom. The Morgan fingerprint density at radius 1 is 1.50 bits per heavy atom. The molecule has 0 aliphatic heterocycles. The fraction of sp³-hybridized carbons (Fsp3) is 0.444. The van der Waals surface area contributed by atoms with E-state index in [1.165, 1.54) is 9.47 Å². The van der Waals surface area contributed by atoms with Gasteiger partial charge in [0.25, 0.3) is 0 Å². The van der Waals surface area contributed by atoms with Crippen LogP contribution in [0.1, 0.15) is 27.2 Å². The van der Waals surface area contributed by atoms with E-state index in [9.17, 15) is 0 Å². The topological polar surface area (TPSA) is 0 Å². The first-order chi connectivity index (χ1) is 4.57. The second-order valence-electron chi connectivity index (χ2n) is 2.43. The van der Waals surface area contributed by atoms with Crippen molar-refractivity contribution in [2.75, 3.05) is 0 Å². The van der Waals surface area contributed by atoms with Crippen LogP contribution in [0, 0.1) is 0 Å². The van der Waals surface area contributed by atoms with Crippen LogP contribution in [0.5, 0.6) is 0 Å². The molecule has 0 saturated heterocycles. The SMILES string of the molecule is C=C(C)/C=C(/CC)[C](C)=[W]. The molecule has 0 aliphatic rings. The van der Waals surface area contributed by atoms with Gasteiger partial charge in [-0.05, 0) is 0 Å². The van der Waals surface area contributed by atoms with Crippen LogP contribution >= 0.6 is 0 Å². The normalized spacial score (nSPS) is 11.3. The first kappa shape index (κ1) is 10.0. The number of hydrogen-bond donors (Lipinski definition) is 0. The summed E-state index contributed by atoms with van der Waals surface area (Å²) in [5.41, 5.74) is 2.60. The van der Waals surface area contributed by atoms with Crippen molar-refractivity contribution in [1.82, 2.24) is 0 Å². The Kier molecular flexibility index (Phi) is 4.81. The summed E-state index contributed by atoms with van der Waals surface area (Å²) in [6.45, 7) is 10.2. The molecular weight excluding hydrogens is 292 g/mol. The van der Waals surface area contributed by atoms with Gasteiger partial charge >= 0.3 is 74.2 Å². The zero-order valence-corrected chi connectivity index (χ0v) is 9.83. The number of rotatable bonds is 3. The molecule has 0 aliphatic carbocycles. The van der Waals surface area contributed by atoms with E-state index in [1.54, 1.807) is 19.4 Å². The van der Waals surface area contributed by atoms with E-state index < -0.39 is 0 Å². The average molecular weight is 306 g/mol. The Morgan fingerprint density at radius 2 is 2.00 bits per heavy atom. The van der Waals surface area contributed by atoms with E-state index in [1.807, 2.05) is 6.92 Å². The molecule has 0 unspecified atom stereocenters. The molecule has 0 heterocycles. The van der Waals surface area contributed by atoms with Crippen LogP contribution in [-0.2, 0) is 19.4 Å². The minimum atomic E-state index is 1.13. The molecular formula is C9H14W. The summed E-state index contributed by atoms with van der Waals surface area (Å²) in [4.78, 5) is 0. The van der Waals surface area contributed by atoms with Crippen LogP contribution < -0.4 is 0 Å². The summed E-state index contributed by atoms with van der Waals surface area (Å²) < 4.78 is 1.48. The van der Waals surface area contributed by atoms with Gasteiger partial charge in [0.05, 0.1) is 0 Å². The third-order valence-corrected chi connectivity index (χ3v) is 2.20. The van der Waals surface area contributed by atoms with Gasteiger partial charge in [0, 0.05) is 0 Å². The van der Waals surface area contributed by atoms with Crippen molar-refractivity contribution in [3.63, 3.8) is 0 Å². The molecule has 10 heavy (non-hydrogen) atoms. The average Bonchev–Trinajstić information content (AvgIpc) is 1.81. The molecule has 0 aromatic rings. The Hall–Kier alpha value is 0.0383. The molecule has 0 nitrogen and oxygen atoms in total. The first-order valence-corrected chi connectivity index (χ1v) is 4.91. The molecule has 0 atom stereocenters. The number of hydrogen-bond acceptors (Lipinski definition) is 0. The van der Waals surface area contributed by atoms with Gasteiger partial charge in [-0.15, -0.1) is 0 Å². The molecule has 1 heteroatoms. The van der Waals surface area contributed by atoms with Crippen molar-refractivity contribution in [2.45, 2.75) is 27.2 Å². The summed E-state index contributed by atoms with van der Waals surface area (Å²) >= 11 is 1.56. The Labute approximate surface area is 74.4 Å². The van der Waals surface area contributed by atoms with Crippen LogP contribution in [0.2, 0.25) is 0 Å². The minimum absolute atomic E-state index is 1.13. The van der Waals surface area contributed by atoms with Crippen LogP contribution in [-0.4, -0.2) is 3.90 Å². The van der Waals surface area contributed by atoms with Crippen LogP contribution in [0.3, 0.4) is 0 Å². The van der Waals surface area contributed by atoms with Crippen LogP contribution in [0.15, 0.2) is 23.8 Å². The fourth-order valence-electron chi connectivity index (χ4n) is 0.750. The molecule has 0 fully saturated rings. The molecule has 56 valence electrons. The van der Waals surface area contributed by atoms with Crippen LogP contribution in [0.25, 0.3) is 0 Å². The summed E-state index contributed by atoms with van der Waals surface area (Å²) in [6, 6.07) is 0. The Bertz CT molecular complexity index is 175. The van der Waals surface area contributed by atoms with Gasteiger partial charge in [-0.3, -0.25) is 0 Å². The second kappa shape index (κ2) is 4.79. The van der Waals surface area contributed by atoms with Crippen LogP contribution in [0.4, 0.5) is 0 Å². The maximum absolute atomic E-state index is 3.84. The van der Waals surface area contributed by atoms with Crippen molar-refractivity contribution in [3.8, 4) is 0 Å². The standard InChI is InChI=1S/C9H14.W/c1-5-9(6-2)7-8(3)4;/h7H,3,5H2,1-2,4H3;/b9-7-;. The van der Waals surface area contributed by atoms with Gasteiger partial charge in [0.1, 0.15) is 0 Å². The predicted octanol–water partition coefficient (Wildman–Crippen LogP) is 2.64. The molecule has 0 radical (unpaired) electrons. The van der Waals surface area contributed by atoms with E-state index in [0.29, 0.717) is 0 Å². The van der Waals surface area contributed by atoms with Crippen molar-refractivity contribution in [1.29, 1.82) is 0 Å². The van der Waals surface area contributed by atoms with E-state index in [2.05, 4.69) is 26.5 Å². The summed E-state index contributed by atoms with van der Waals surface area (Å²) in [5, 5.41) is 0. The summed E-state index contributed by atoms with van der Waals surface area (Å²) in [7, 11) is 0. The van der Waals surface area contributed by atoms with Crippen molar-refractivity contribution in [3.05, 3.63) is 23.8 Å². The molecule has 0 saturated carbocycles. The molecule has 0 rings (SSSR count). The third kappa shape index (κ3) is 3.95. The Balaban J connectivity index is 4.34. The molecule has 0 spiro atoms. The summed E-state index contributed by atoms with van der Waals surface area (Å²) in [5.74, 6) is 0. The first-order valence-electron chi connectivity index (χ1n) is 3.45. The summed E-state index contributed by atoms with van der Waals surface area (Å²) in [6.07, 6.45) is 3.30. The van der Waals surface area contributed by atoms with Gasteiger partial charge in [-0.1, -0.05) is 0 Å². The fourth-order valence-corrected chi connectivity index (χ4v) is 1.48.